The van der Waals surface area contributed by atoms with Crippen molar-refractivity contribution in [2.75, 3.05) is 0 Å². The number of hydrogen-bond acceptors (Lipinski definition) is 2. The molecule has 0 atom stereocenters. The van der Waals surface area contributed by atoms with E-state index in [1.54, 1.807) is 10.5 Å². The number of fused-ring (bicyclic) bond motifs is 3. The number of benzene rings is 3. The summed E-state index contributed by atoms with van der Waals surface area (Å²) in [5.41, 5.74) is 4.42. The minimum Gasteiger partial charge on any atom is -0.140 e. The van der Waals surface area contributed by atoms with Gasteiger partial charge in [0, 0.05) is 24.8 Å². The van der Waals surface area contributed by atoms with Crippen molar-refractivity contribution >= 4 is 39.3 Å². The van der Waals surface area contributed by atoms with Gasteiger partial charge < -0.3 is 0 Å². The molecule has 0 nitrogen and oxygen atoms in total. The Morgan fingerprint density at radius 2 is 1.56 bits per heavy atom. The lowest BCUT2D eigenvalue weighted by Gasteiger charge is -2.14. The van der Waals surface area contributed by atoms with E-state index in [0.29, 0.717) is 0 Å². The van der Waals surface area contributed by atoms with Crippen LogP contribution in [0.1, 0.15) is 22.4 Å². The molecule has 1 aromatic heterocycles. The Morgan fingerprint density at radius 1 is 0.778 bits per heavy atom. The third kappa shape index (κ3) is 3.60. The van der Waals surface area contributed by atoms with E-state index in [0.717, 1.165) is 6.42 Å². The molecule has 1 heterocycles. The number of hydrogen-bond donors (Lipinski definition) is 0. The zero-order valence-electron chi connectivity index (χ0n) is 15.0. The van der Waals surface area contributed by atoms with Crippen molar-refractivity contribution in [1.82, 2.24) is 0 Å². The van der Waals surface area contributed by atoms with Gasteiger partial charge in [-0.05, 0) is 60.7 Å². The summed E-state index contributed by atoms with van der Waals surface area (Å²) in [5.74, 6) is 0. The van der Waals surface area contributed by atoms with E-state index in [1.165, 1.54) is 43.8 Å². The third-order valence-electron chi connectivity index (χ3n) is 5.05. The molecule has 0 unspecified atom stereocenters. The second kappa shape index (κ2) is 7.38. The minimum atomic E-state index is 1.07. The Labute approximate surface area is 168 Å². The van der Waals surface area contributed by atoms with Crippen molar-refractivity contribution in [2.45, 2.75) is 29.1 Å². The van der Waals surface area contributed by atoms with Gasteiger partial charge in [0.15, 0.2) is 0 Å². The molecule has 0 radical (unpaired) electrons. The van der Waals surface area contributed by atoms with E-state index in [9.17, 15) is 0 Å². The summed E-state index contributed by atoms with van der Waals surface area (Å²) < 4.78 is 1.41. The van der Waals surface area contributed by atoms with Gasteiger partial charge in [0.05, 0.1) is 0 Å². The van der Waals surface area contributed by atoms with Crippen LogP contribution in [0.15, 0.2) is 94.2 Å². The molecule has 0 bridgehead atoms. The van der Waals surface area contributed by atoms with E-state index in [1.807, 2.05) is 23.1 Å². The molecular formula is C25H20S2. The summed E-state index contributed by atoms with van der Waals surface area (Å²) >= 11 is 3.81. The highest BCUT2D eigenvalue weighted by Gasteiger charge is 2.17. The second-order valence-corrected chi connectivity index (χ2v) is 9.26. The van der Waals surface area contributed by atoms with Crippen molar-refractivity contribution in [3.05, 3.63) is 100 Å². The molecule has 3 aromatic carbocycles. The lowest BCUT2D eigenvalue weighted by Crippen LogP contribution is -1.99. The minimum absolute atomic E-state index is 1.07. The van der Waals surface area contributed by atoms with E-state index < -0.39 is 0 Å². The lowest BCUT2D eigenvalue weighted by molar-refractivity contribution is 0.905. The average molecular weight is 385 g/mol. The molecule has 1 aliphatic carbocycles. The van der Waals surface area contributed by atoms with Crippen LogP contribution in [-0.4, -0.2) is 0 Å². The fraction of sp³-hybridized carbons (Fsp3) is 0.120. The van der Waals surface area contributed by atoms with E-state index in [-0.39, 0.29) is 0 Å². The summed E-state index contributed by atoms with van der Waals surface area (Å²) in [7, 11) is 0. The molecule has 0 aliphatic heterocycles. The molecular weight excluding hydrogens is 364 g/mol. The van der Waals surface area contributed by atoms with Crippen LogP contribution in [0.5, 0.6) is 0 Å². The van der Waals surface area contributed by atoms with Crippen molar-refractivity contribution in [1.29, 1.82) is 0 Å². The van der Waals surface area contributed by atoms with E-state index >= 15 is 0 Å². The summed E-state index contributed by atoms with van der Waals surface area (Å²) in [6, 6.07) is 28.4. The number of thiophene rings is 1. The Bertz CT molecular complexity index is 1110. The molecule has 0 saturated heterocycles. The molecule has 0 N–H and O–H groups in total. The Morgan fingerprint density at radius 3 is 2.37 bits per heavy atom. The molecule has 0 spiro atoms. The number of rotatable bonds is 4. The SMILES string of the molecule is C1=C(Cc2ccccc2)CCc2sc3ccc(Sc4ccccc4)cc3c21. The van der Waals surface area contributed by atoms with Crippen molar-refractivity contribution < 1.29 is 0 Å². The van der Waals surface area contributed by atoms with Crippen LogP contribution >= 0.6 is 23.1 Å². The maximum atomic E-state index is 2.46. The van der Waals surface area contributed by atoms with Crippen LogP contribution in [0.4, 0.5) is 0 Å². The Balaban J connectivity index is 1.49. The molecule has 4 aromatic rings. The molecule has 1 aliphatic rings. The first kappa shape index (κ1) is 16.9. The van der Waals surface area contributed by atoms with Gasteiger partial charge in [-0.15, -0.1) is 11.3 Å². The molecule has 0 saturated carbocycles. The van der Waals surface area contributed by atoms with Crippen LogP contribution in [0.2, 0.25) is 0 Å². The average Bonchev–Trinajstić information content (AvgIpc) is 3.07. The molecule has 2 heteroatoms. The van der Waals surface area contributed by atoms with Gasteiger partial charge in [-0.25, -0.2) is 0 Å². The molecule has 0 fully saturated rings. The summed E-state index contributed by atoms with van der Waals surface area (Å²) in [4.78, 5) is 4.16. The molecule has 132 valence electrons. The van der Waals surface area contributed by atoms with Crippen LogP contribution in [0.25, 0.3) is 16.2 Å². The topological polar surface area (TPSA) is 0 Å². The van der Waals surface area contributed by atoms with E-state index in [2.05, 4.69) is 84.9 Å². The summed E-state index contributed by atoms with van der Waals surface area (Å²) in [6.07, 6.45) is 5.88. The third-order valence-corrected chi connectivity index (χ3v) is 7.29. The quantitative estimate of drug-likeness (QED) is 0.348. The molecule has 5 rings (SSSR count). The van der Waals surface area contributed by atoms with Gasteiger partial charge in [0.25, 0.3) is 0 Å². The highest BCUT2D eigenvalue weighted by Crippen LogP contribution is 2.40. The highest BCUT2D eigenvalue weighted by atomic mass is 32.2. The fourth-order valence-corrected chi connectivity index (χ4v) is 5.77. The molecule has 0 amide bonds. The first-order valence-corrected chi connectivity index (χ1v) is 11.0. The maximum absolute atomic E-state index is 2.46. The highest BCUT2D eigenvalue weighted by molar-refractivity contribution is 7.99. The van der Waals surface area contributed by atoms with Gasteiger partial charge in [-0.1, -0.05) is 71.9 Å². The van der Waals surface area contributed by atoms with Crippen molar-refractivity contribution in [3.8, 4) is 0 Å². The van der Waals surface area contributed by atoms with Crippen molar-refractivity contribution in [2.24, 2.45) is 0 Å². The second-order valence-electron chi connectivity index (χ2n) is 6.98. The monoisotopic (exact) mass is 384 g/mol. The zero-order valence-corrected chi connectivity index (χ0v) is 16.7. The number of allylic oxidation sites excluding steroid dienone is 1. The van der Waals surface area contributed by atoms with Gasteiger partial charge in [0.2, 0.25) is 0 Å². The zero-order chi connectivity index (χ0) is 18.1. The van der Waals surface area contributed by atoms with Gasteiger partial charge >= 0.3 is 0 Å². The summed E-state index contributed by atoms with van der Waals surface area (Å²) in [5, 5.41) is 1.42. The van der Waals surface area contributed by atoms with Gasteiger partial charge in [-0.2, -0.15) is 0 Å². The van der Waals surface area contributed by atoms with E-state index in [4.69, 9.17) is 0 Å². The first-order valence-electron chi connectivity index (χ1n) is 9.37. The maximum Gasteiger partial charge on any atom is 0.0352 e. The first-order chi connectivity index (χ1) is 13.3. The standard InChI is InChI=1S/C25H20S2/c1-3-7-18(8-4-1)15-19-11-13-24-22(16-19)23-17-21(12-14-25(23)27-24)26-20-9-5-2-6-10-20/h1-10,12,14,16-17H,11,13,15H2. The Kier molecular flexibility index (Phi) is 4.61. The van der Waals surface area contributed by atoms with Crippen LogP contribution in [0.3, 0.4) is 0 Å². The Hall–Kier alpha value is -2.29. The largest absolute Gasteiger partial charge is 0.140 e. The van der Waals surface area contributed by atoms with Crippen LogP contribution in [-0.2, 0) is 12.8 Å². The normalized spacial score (nSPS) is 13.4. The van der Waals surface area contributed by atoms with Gasteiger partial charge in [0.1, 0.15) is 0 Å². The summed E-state index contributed by atoms with van der Waals surface area (Å²) in [6.45, 7) is 0. The smallest absolute Gasteiger partial charge is 0.0352 e. The predicted molar refractivity (Wildman–Crippen MR) is 119 cm³/mol. The van der Waals surface area contributed by atoms with Crippen LogP contribution in [0, 0.1) is 0 Å². The van der Waals surface area contributed by atoms with Crippen molar-refractivity contribution in [3.63, 3.8) is 0 Å². The van der Waals surface area contributed by atoms with Gasteiger partial charge in [-0.3, -0.25) is 0 Å². The fourth-order valence-electron chi connectivity index (χ4n) is 3.73. The lowest BCUT2D eigenvalue weighted by atomic mass is 9.92. The predicted octanol–water partition coefficient (Wildman–Crippen LogP) is 7.62. The number of aryl methyl sites for hydroxylation is 1. The van der Waals surface area contributed by atoms with Crippen LogP contribution < -0.4 is 0 Å². The molecule has 27 heavy (non-hydrogen) atoms.